The zero-order valence-corrected chi connectivity index (χ0v) is 16.7. The molecule has 0 radical (unpaired) electrons. The number of benzene rings is 1. The van der Waals surface area contributed by atoms with Crippen molar-refractivity contribution >= 4 is 17.8 Å². The average Bonchev–Trinajstić information content (AvgIpc) is 2.68. The molecule has 1 saturated heterocycles. The zero-order valence-electron chi connectivity index (χ0n) is 16.7. The monoisotopic (exact) mass is 392 g/mol. The van der Waals surface area contributed by atoms with Crippen LogP contribution in [0.5, 0.6) is 11.5 Å². The Balaban J connectivity index is 1.96. The number of ether oxygens (including phenoxy) is 3. The summed E-state index contributed by atoms with van der Waals surface area (Å²) in [5.41, 5.74) is 0.417. The molecule has 1 aromatic rings. The van der Waals surface area contributed by atoms with Crippen molar-refractivity contribution < 1.29 is 28.6 Å². The van der Waals surface area contributed by atoms with Crippen molar-refractivity contribution in [3.8, 4) is 11.5 Å². The first kappa shape index (κ1) is 21.5. The van der Waals surface area contributed by atoms with Crippen LogP contribution in [0.4, 0.5) is 0 Å². The summed E-state index contributed by atoms with van der Waals surface area (Å²) < 4.78 is 16.2. The molecule has 8 nitrogen and oxygen atoms in total. The second kappa shape index (κ2) is 10.5. The average molecular weight is 392 g/mol. The highest BCUT2D eigenvalue weighted by Crippen LogP contribution is 2.30. The predicted octanol–water partition coefficient (Wildman–Crippen LogP) is 1.77. The fourth-order valence-corrected chi connectivity index (χ4v) is 2.99. The molecule has 0 saturated carbocycles. The molecule has 0 bridgehead atoms. The lowest BCUT2D eigenvalue weighted by Crippen LogP contribution is -2.40. The summed E-state index contributed by atoms with van der Waals surface area (Å²) >= 11 is 0. The number of piperidine rings is 1. The van der Waals surface area contributed by atoms with E-state index >= 15 is 0 Å². The minimum atomic E-state index is -0.349. The molecule has 0 aliphatic carbocycles. The third-order valence-corrected chi connectivity index (χ3v) is 4.53. The molecule has 1 aromatic carbocycles. The van der Waals surface area contributed by atoms with Crippen molar-refractivity contribution in [2.75, 3.05) is 33.4 Å². The van der Waals surface area contributed by atoms with Crippen LogP contribution in [0.3, 0.4) is 0 Å². The zero-order chi connectivity index (χ0) is 20.5. The number of likely N-dealkylation sites (tertiary alicyclic amines) is 1. The Bertz CT molecular complexity index is 698. The predicted molar refractivity (Wildman–Crippen MR) is 102 cm³/mol. The van der Waals surface area contributed by atoms with Crippen LogP contribution in [0.15, 0.2) is 18.2 Å². The van der Waals surface area contributed by atoms with Crippen molar-refractivity contribution in [3.63, 3.8) is 0 Å². The molecule has 0 unspecified atom stereocenters. The molecule has 8 heteroatoms. The van der Waals surface area contributed by atoms with Gasteiger partial charge in [-0.3, -0.25) is 14.4 Å². The van der Waals surface area contributed by atoms with Crippen LogP contribution in [-0.2, 0) is 14.3 Å². The van der Waals surface area contributed by atoms with Gasteiger partial charge in [-0.15, -0.1) is 0 Å². The highest BCUT2D eigenvalue weighted by molar-refractivity contribution is 5.95. The van der Waals surface area contributed by atoms with E-state index in [1.807, 2.05) is 0 Å². The largest absolute Gasteiger partial charge is 0.493 e. The number of esters is 1. The standard InChI is InChI=1S/C20H28N2O6/c1-4-27-19(24)7-10-21-20(25)15-5-6-17(26-3)18(13-15)28-16-8-11-22(12-9-16)14(2)23/h5-6,13,16H,4,7-12H2,1-3H3,(H,21,25). The minimum Gasteiger partial charge on any atom is -0.493 e. The van der Waals surface area contributed by atoms with Crippen LogP contribution < -0.4 is 14.8 Å². The Hall–Kier alpha value is -2.77. The van der Waals surface area contributed by atoms with E-state index in [-0.39, 0.29) is 36.9 Å². The molecule has 1 aliphatic heterocycles. The first-order chi connectivity index (χ1) is 13.4. The molecule has 0 aromatic heterocycles. The smallest absolute Gasteiger partial charge is 0.307 e. The maximum absolute atomic E-state index is 12.3. The third-order valence-electron chi connectivity index (χ3n) is 4.53. The van der Waals surface area contributed by atoms with Crippen molar-refractivity contribution in [1.82, 2.24) is 10.2 Å². The Labute approximate surface area is 165 Å². The van der Waals surface area contributed by atoms with Gasteiger partial charge in [0.05, 0.1) is 20.1 Å². The molecule has 1 aliphatic rings. The van der Waals surface area contributed by atoms with E-state index in [1.165, 1.54) is 0 Å². The lowest BCUT2D eigenvalue weighted by Gasteiger charge is -2.31. The van der Waals surface area contributed by atoms with Gasteiger partial charge in [-0.25, -0.2) is 0 Å². The molecule has 2 amide bonds. The number of carbonyl (C=O) groups is 3. The van der Waals surface area contributed by atoms with E-state index in [4.69, 9.17) is 14.2 Å². The SMILES string of the molecule is CCOC(=O)CCNC(=O)c1ccc(OC)c(OC2CCN(C(C)=O)CC2)c1. The van der Waals surface area contributed by atoms with Crippen molar-refractivity contribution in [2.45, 2.75) is 39.2 Å². The van der Waals surface area contributed by atoms with Gasteiger partial charge < -0.3 is 24.4 Å². The van der Waals surface area contributed by atoms with E-state index in [0.29, 0.717) is 36.8 Å². The first-order valence-corrected chi connectivity index (χ1v) is 9.48. The minimum absolute atomic E-state index is 0.0494. The lowest BCUT2D eigenvalue weighted by atomic mass is 10.1. The molecule has 0 atom stereocenters. The summed E-state index contributed by atoms with van der Waals surface area (Å²) in [6, 6.07) is 4.96. The fraction of sp³-hybridized carbons (Fsp3) is 0.550. The number of nitrogens with one attached hydrogen (secondary N) is 1. The summed E-state index contributed by atoms with van der Waals surface area (Å²) in [5.74, 6) is 0.443. The third kappa shape index (κ3) is 6.14. The Morgan fingerprint density at radius 2 is 1.89 bits per heavy atom. The van der Waals surface area contributed by atoms with Gasteiger partial charge >= 0.3 is 5.97 Å². The number of carbonyl (C=O) groups excluding carboxylic acids is 3. The Kier molecular flexibility index (Phi) is 8.10. The van der Waals surface area contributed by atoms with Crippen molar-refractivity contribution in [3.05, 3.63) is 23.8 Å². The maximum Gasteiger partial charge on any atom is 0.307 e. The molecule has 28 heavy (non-hydrogen) atoms. The van der Waals surface area contributed by atoms with Crippen LogP contribution in [0.1, 0.15) is 43.5 Å². The van der Waals surface area contributed by atoms with Gasteiger partial charge in [-0.05, 0) is 25.1 Å². The number of amides is 2. The molecule has 1 fully saturated rings. The number of methoxy groups -OCH3 is 1. The first-order valence-electron chi connectivity index (χ1n) is 9.48. The van der Waals surface area contributed by atoms with Gasteiger partial charge in [0.25, 0.3) is 5.91 Å². The van der Waals surface area contributed by atoms with E-state index in [1.54, 1.807) is 44.1 Å². The van der Waals surface area contributed by atoms with Gasteiger partial charge in [0.15, 0.2) is 11.5 Å². The fourth-order valence-electron chi connectivity index (χ4n) is 2.99. The van der Waals surface area contributed by atoms with Crippen molar-refractivity contribution in [1.29, 1.82) is 0 Å². The van der Waals surface area contributed by atoms with Gasteiger partial charge in [0.2, 0.25) is 5.91 Å². The maximum atomic E-state index is 12.3. The van der Waals surface area contributed by atoms with Gasteiger partial charge in [0.1, 0.15) is 6.10 Å². The summed E-state index contributed by atoms with van der Waals surface area (Å²) in [7, 11) is 1.54. The highest BCUT2D eigenvalue weighted by atomic mass is 16.5. The molecule has 0 spiro atoms. The van der Waals surface area contributed by atoms with E-state index in [9.17, 15) is 14.4 Å². The molecule has 2 rings (SSSR count). The van der Waals surface area contributed by atoms with Crippen LogP contribution in [0, 0.1) is 0 Å². The lowest BCUT2D eigenvalue weighted by molar-refractivity contribution is -0.142. The summed E-state index contributed by atoms with van der Waals surface area (Å²) in [6.07, 6.45) is 1.51. The second-order valence-corrected chi connectivity index (χ2v) is 6.50. The quantitative estimate of drug-likeness (QED) is 0.678. The van der Waals surface area contributed by atoms with Crippen LogP contribution in [0.25, 0.3) is 0 Å². The molecular weight excluding hydrogens is 364 g/mol. The van der Waals surface area contributed by atoms with Crippen molar-refractivity contribution in [2.24, 2.45) is 0 Å². The Morgan fingerprint density at radius 1 is 1.18 bits per heavy atom. The van der Waals surface area contributed by atoms with Gasteiger partial charge in [-0.2, -0.15) is 0 Å². The molecule has 1 N–H and O–H groups in total. The summed E-state index contributed by atoms with van der Waals surface area (Å²) in [4.78, 5) is 36.9. The van der Waals surface area contributed by atoms with E-state index in [2.05, 4.69) is 5.32 Å². The van der Waals surface area contributed by atoms with Gasteiger partial charge in [0, 0.05) is 45.0 Å². The molecule has 1 heterocycles. The molecule has 154 valence electrons. The number of nitrogens with zero attached hydrogens (tertiary/aromatic N) is 1. The molecular formula is C20H28N2O6. The Morgan fingerprint density at radius 3 is 2.50 bits per heavy atom. The van der Waals surface area contributed by atoms with E-state index < -0.39 is 0 Å². The number of rotatable bonds is 8. The summed E-state index contributed by atoms with van der Waals surface area (Å²) in [5, 5.41) is 2.69. The second-order valence-electron chi connectivity index (χ2n) is 6.50. The van der Waals surface area contributed by atoms with E-state index in [0.717, 1.165) is 12.8 Å². The highest BCUT2D eigenvalue weighted by Gasteiger charge is 2.23. The topological polar surface area (TPSA) is 94.2 Å². The van der Waals surface area contributed by atoms with Crippen LogP contribution in [0.2, 0.25) is 0 Å². The van der Waals surface area contributed by atoms with Crippen LogP contribution in [-0.4, -0.2) is 62.1 Å². The number of hydrogen-bond acceptors (Lipinski definition) is 6. The van der Waals surface area contributed by atoms with Gasteiger partial charge in [-0.1, -0.05) is 0 Å². The number of hydrogen-bond donors (Lipinski definition) is 1. The summed E-state index contributed by atoms with van der Waals surface area (Å²) in [6.45, 7) is 5.11. The van der Waals surface area contributed by atoms with Crippen LogP contribution >= 0.6 is 0 Å². The normalized spacial score (nSPS) is 14.3.